The molecule has 0 bridgehead atoms. The fraction of sp³-hybridized carbons (Fsp3) is 0.750. The average Bonchev–Trinajstić information content (AvgIpc) is 3.15. The lowest BCUT2D eigenvalue weighted by atomic mass is 9.79. The van der Waals surface area contributed by atoms with Crippen LogP contribution in [0.1, 0.15) is 73.5 Å². The van der Waals surface area contributed by atoms with Crippen molar-refractivity contribution in [2.75, 3.05) is 6.54 Å². The van der Waals surface area contributed by atoms with Gasteiger partial charge in [0, 0.05) is 24.6 Å². The van der Waals surface area contributed by atoms with Crippen LogP contribution in [0.4, 0.5) is 0 Å². The van der Waals surface area contributed by atoms with Gasteiger partial charge in [-0.2, -0.15) is 0 Å². The number of rotatable bonds is 2. The van der Waals surface area contributed by atoms with Gasteiger partial charge in [-0.05, 0) is 31.6 Å². The van der Waals surface area contributed by atoms with Crippen LogP contribution in [0.15, 0.2) is 10.6 Å². The minimum Gasteiger partial charge on any atom is -0.360 e. The Morgan fingerprint density at radius 2 is 1.95 bits per heavy atom. The first-order chi connectivity index (χ1) is 9.83. The summed E-state index contributed by atoms with van der Waals surface area (Å²) in [6.45, 7) is 0.926. The molecule has 2 aliphatic carbocycles. The fourth-order valence-electron chi connectivity index (χ4n) is 3.75. The summed E-state index contributed by atoms with van der Waals surface area (Å²) in [5, 5.41) is 3.99. The Bertz CT molecular complexity index is 506. The second kappa shape index (κ2) is 4.90. The van der Waals surface area contributed by atoms with Gasteiger partial charge >= 0.3 is 0 Å². The zero-order valence-electron chi connectivity index (χ0n) is 11.9. The molecule has 108 valence electrons. The molecule has 2 heterocycles. The number of hydrogen-bond acceptors (Lipinski definition) is 3. The number of carbonyl (C=O) groups is 1. The minimum atomic E-state index is 0.0856. The van der Waals surface area contributed by atoms with Crippen molar-refractivity contribution >= 4 is 5.91 Å². The van der Waals surface area contributed by atoms with Gasteiger partial charge in [-0.25, -0.2) is 0 Å². The molecule has 0 unspecified atom stereocenters. The highest BCUT2D eigenvalue weighted by atomic mass is 16.5. The number of carbonyl (C=O) groups excluding carboxylic acids is 1. The molecule has 20 heavy (non-hydrogen) atoms. The molecule has 3 aliphatic rings. The fourth-order valence-corrected chi connectivity index (χ4v) is 3.75. The van der Waals surface area contributed by atoms with Crippen molar-refractivity contribution in [3.8, 4) is 0 Å². The molecule has 1 aliphatic heterocycles. The molecule has 1 saturated heterocycles. The average molecular weight is 274 g/mol. The van der Waals surface area contributed by atoms with Crippen LogP contribution in [-0.2, 0) is 0 Å². The summed E-state index contributed by atoms with van der Waals surface area (Å²) in [7, 11) is 0. The van der Waals surface area contributed by atoms with E-state index >= 15 is 0 Å². The monoisotopic (exact) mass is 274 g/mol. The van der Waals surface area contributed by atoms with Crippen LogP contribution in [0.2, 0.25) is 0 Å². The van der Waals surface area contributed by atoms with E-state index < -0.39 is 0 Å². The van der Waals surface area contributed by atoms with E-state index in [1.165, 1.54) is 51.4 Å². The van der Waals surface area contributed by atoms with Crippen molar-refractivity contribution in [2.45, 2.75) is 63.3 Å². The largest absolute Gasteiger partial charge is 0.360 e. The SMILES string of the molecule is O=C(c1cc(C2CC2)on1)N1C[C@@H]2CCCCCC[C@H]21. The summed E-state index contributed by atoms with van der Waals surface area (Å²) in [6, 6.07) is 2.33. The van der Waals surface area contributed by atoms with Crippen molar-refractivity contribution in [1.29, 1.82) is 0 Å². The van der Waals surface area contributed by atoms with Gasteiger partial charge < -0.3 is 9.42 Å². The lowest BCUT2D eigenvalue weighted by Crippen LogP contribution is -2.58. The molecular formula is C16H22N2O2. The maximum Gasteiger partial charge on any atom is 0.276 e. The third-order valence-electron chi connectivity index (χ3n) is 5.19. The number of aromatic nitrogens is 1. The first-order valence-electron chi connectivity index (χ1n) is 8.10. The second-order valence-corrected chi connectivity index (χ2v) is 6.67. The van der Waals surface area contributed by atoms with Gasteiger partial charge in [-0.15, -0.1) is 0 Å². The molecule has 0 aromatic carbocycles. The Labute approximate surface area is 119 Å². The summed E-state index contributed by atoms with van der Waals surface area (Å²) in [4.78, 5) is 14.6. The van der Waals surface area contributed by atoms with E-state index in [1.807, 2.05) is 11.0 Å². The standard InChI is InChI=1S/C16H22N2O2/c19-16(13-9-15(20-17-13)11-7-8-11)18-10-12-5-3-1-2-4-6-14(12)18/h9,11-12,14H,1-8,10H2/t12-,14+/m0/s1. The highest BCUT2D eigenvalue weighted by Gasteiger charge is 2.42. The molecule has 3 fully saturated rings. The quantitative estimate of drug-likeness (QED) is 0.831. The van der Waals surface area contributed by atoms with E-state index in [1.54, 1.807) is 0 Å². The van der Waals surface area contributed by atoms with Crippen LogP contribution in [-0.4, -0.2) is 28.6 Å². The van der Waals surface area contributed by atoms with Crippen LogP contribution in [0.25, 0.3) is 0 Å². The molecule has 4 heteroatoms. The molecule has 1 amide bonds. The van der Waals surface area contributed by atoms with Gasteiger partial charge in [0.25, 0.3) is 5.91 Å². The molecule has 1 aromatic heterocycles. The van der Waals surface area contributed by atoms with Gasteiger partial charge in [0.2, 0.25) is 0 Å². The predicted octanol–water partition coefficient (Wildman–Crippen LogP) is 3.35. The minimum absolute atomic E-state index is 0.0856. The van der Waals surface area contributed by atoms with E-state index in [0.29, 0.717) is 17.7 Å². The van der Waals surface area contributed by atoms with Gasteiger partial charge in [0.15, 0.2) is 5.69 Å². The first kappa shape index (κ1) is 12.4. The van der Waals surface area contributed by atoms with Crippen LogP contribution >= 0.6 is 0 Å². The topological polar surface area (TPSA) is 46.3 Å². The van der Waals surface area contributed by atoms with E-state index in [0.717, 1.165) is 18.2 Å². The molecule has 2 saturated carbocycles. The normalized spacial score (nSPS) is 30.1. The second-order valence-electron chi connectivity index (χ2n) is 6.67. The van der Waals surface area contributed by atoms with Crippen LogP contribution in [0.3, 0.4) is 0 Å². The van der Waals surface area contributed by atoms with Crippen molar-refractivity contribution < 1.29 is 9.32 Å². The molecule has 1 aromatic rings. The van der Waals surface area contributed by atoms with E-state index in [-0.39, 0.29) is 5.91 Å². The molecule has 0 N–H and O–H groups in total. The van der Waals surface area contributed by atoms with Gasteiger partial charge in [0.05, 0.1) is 0 Å². The molecule has 0 spiro atoms. The Kier molecular flexibility index (Phi) is 3.04. The van der Waals surface area contributed by atoms with Crippen LogP contribution in [0.5, 0.6) is 0 Å². The smallest absolute Gasteiger partial charge is 0.276 e. The first-order valence-corrected chi connectivity index (χ1v) is 8.10. The molecule has 0 radical (unpaired) electrons. The Morgan fingerprint density at radius 1 is 1.15 bits per heavy atom. The van der Waals surface area contributed by atoms with Gasteiger partial charge in [-0.1, -0.05) is 30.8 Å². The number of fused-ring (bicyclic) bond motifs is 1. The highest BCUT2D eigenvalue weighted by molar-refractivity contribution is 5.93. The van der Waals surface area contributed by atoms with Gasteiger partial charge in [0.1, 0.15) is 5.76 Å². The lowest BCUT2D eigenvalue weighted by molar-refractivity contribution is 0.00356. The Hall–Kier alpha value is -1.32. The van der Waals surface area contributed by atoms with Crippen molar-refractivity contribution in [2.24, 2.45) is 5.92 Å². The Morgan fingerprint density at radius 3 is 2.75 bits per heavy atom. The molecule has 4 rings (SSSR count). The highest BCUT2D eigenvalue weighted by Crippen LogP contribution is 2.41. The maximum absolute atomic E-state index is 12.5. The molecule has 2 atom stereocenters. The zero-order chi connectivity index (χ0) is 13.5. The summed E-state index contributed by atoms with van der Waals surface area (Å²) in [5.41, 5.74) is 0.521. The predicted molar refractivity (Wildman–Crippen MR) is 74.5 cm³/mol. The third-order valence-corrected chi connectivity index (χ3v) is 5.19. The summed E-state index contributed by atoms with van der Waals surface area (Å²) >= 11 is 0. The number of amides is 1. The molecule has 4 nitrogen and oxygen atoms in total. The van der Waals surface area contributed by atoms with Gasteiger partial charge in [-0.3, -0.25) is 4.79 Å². The van der Waals surface area contributed by atoms with E-state index in [2.05, 4.69) is 5.16 Å². The summed E-state index contributed by atoms with van der Waals surface area (Å²) in [6.07, 6.45) is 10.1. The van der Waals surface area contributed by atoms with Crippen molar-refractivity contribution in [3.63, 3.8) is 0 Å². The van der Waals surface area contributed by atoms with Crippen LogP contribution < -0.4 is 0 Å². The molecular weight excluding hydrogens is 252 g/mol. The van der Waals surface area contributed by atoms with E-state index in [4.69, 9.17) is 4.52 Å². The summed E-state index contributed by atoms with van der Waals surface area (Å²) in [5.74, 6) is 2.24. The number of hydrogen-bond donors (Lipinski definition) is 0. The van der Waals surface area contributed by atoms with Crippen molar-refractivity contribution in [3.05, 3.63) is 17.5 Å². The Balaban J connectivity index is 1.45. The third kappa shape index (κ3) is 2.15. The number of likely N-dealkylation sites (tertiary alicyclic amines) is 1. The lowest BCUT2D eigenvalue weighted by Gasteiger charge is -2.49. The maximum atomic E-state index is 12.5. The van der Waals surface area contributed by atoms with Crippen molar-refractivity contribution in [1.82, 2.24) is 10.1 Å². The summed E-state index contributed by atoms with van der Waals surface area (Å²) < 4.78 is 5.31. The van der Waals surface area contributed by atoms with Crippen LogP contribution in [0, 0.1) is 5.92 Å². The zero-order valence-corrected chi connectivity index (χ0v) is 11.9. The van der Waals surface area contributed by atoms with E-state index in [9.17, 15) is 4.79 Å². The number of nitrogens with zero attached hydrogens (tertiary/aromatic N) is 2.